The zero-order valence-electron chi connectivity index (χ0n) is 16.2. The highest BCUT2D eigenvalue weighted by molar-refractivity contribution is 7.10. The quantitative estimate of drug-likeness (QED) is 0.692. The number of thiophene rings is 1. The first-order valence-electron chi connectivity index (χ1n) is 8.88. The highest BCUT2D eigenvalue weighted by Gasteiger charge is 2.16. The van der Waals surface area contributed by atoms with Gasteiger partial charge in [0.25, 0.3) is 5.91 Å². The lowest BCUT2D eigenvalue weighted by Crippen LogP contribution is -2.40. The van der Waals surface area contributed by atoms with Gasteiger partial charge in [-0.15, -0.1) is 11.3 Å². The summed E-state index contributed by atoms with van der Waals surface area (Å²) in [5, 5.41) is 7.54. The zero-order valence-corrected chi connectivity index (χ0v) is 17.0. The topological polar surface area (TPSA) is 70.7 Å². The summed E-state index contributed by atoms with van der Waals surface area (Å²) in [4.78, 5) is 27.5. The van der Waals surface area contributed by atoms with Gasteiger partial charge < -0.3 is 20.3 Å². The molecule has 146 valence electrons. The smallest absolute Gasteiger partial charge is 0.251 e. The van der Waals surface area contributed by atoms with E-state index in [9.17, 15) is 9.59 Å². The Morgan fingerprint density at radius 1 is 1.11 bits per heavy atom. The van der Waals surface area contributed by atoms with Gasteiger partial charge in [-0.1, -0.05) is 6.07 Å². The molecule has 1 heterocycles. The van der Waals surface area contributed by atoms with E-state index in [0.717, 1.165) is 0 Å². The Morgan fingerprint density at radius 2 is 1.81 bits per heavy atom. The molecule has 0 saturated heterocycles. The van der Waals surface area contributed by atoms with Crippen LogP contribution in [0.15, 0.2) is 41.8 Å². The van der Waals surface area contributed by atoms with Gasteiger partial charge in [-0.05, 0) is 63.7 Å². The molecule has 1 atom stereocenters. The molecule has 2 N–H and O–H groups in total. The van der Waals surface area contributed by atoms with E-state index in [1.807, 2.05) is 39.4 Å². The van der Waals surface area contributed by atoms with Gasteiger partial charge in [-0.3, -0.25) is 9.59 Å². The Balaban J connectivity index is 1.80. The Morgan fingerprint density at radius 3 is 2.37 bits per heavy atom. The molecule has 2 aromatic rings. The lowest BCUT2D eigenvalue weighted by molar-refractivity contribution is -0.120. The van der Waals surface area contributed by atoms with E-state index in [1.165, 1.54) is 4.88 Å². The fourth-order valence-corrected chi connectivity index (χ4v) is 3.43. The number of likely N-dealkylation sites (N-methyl/N-ethyl adjacent to an activating group) is 1. The number of benzene rings is 1. The van der Waals surface area contributed by atoms with Crippen molar-refractivity contribution in [3.05, 3.63) is 52.2 Å². The third-order valence-electron chi connectivity index (χ3n) is 3.89. The van der Waals surface area contributed by atoms with Crippen molar-refractivity contribution in [2.45, 2.75) is 26.0 Å². The Hall–Kier alpha value is -2.38. The first kappa shape index (κ1) is 20.9. The predicted molar refractivity (Wildman–Crippen MR) is 108 cm³/mol. The van der Waals surface area contributed by atoms with Crippen molar-refractivity contribution < 1.29 is 14.3 Å². The lowest BCUT2D eigenvalue weighted by atomic mass is 10.2. The monoisotopic (exact) mass is 389 g/mol. The molecule has 0 radical (unpaired) electrons. The standard InChI is InChI=1S/C20H27N3O3S/c1-14(2)26-16-9-7-15(8-10-16)20(25)22-13-19(24)21-12-17(23(3)4)18-6-5-11-27-18/h5-11,14,17H,12-13H2,1-4H3,(H,21,24)(H,22,25). The van der Waals surface area contributed by atoms with Crippen molar-refractivity contribution in [3.8, 4) is 5.75 Å². The number of rotatable bonds is 9. The molecule has 0 saturated carbocycles. The molecule has 1 aromatic carbocycles. The fraction of sp³-hybridized carbons (Fsp3) is 0.400. The van der Waals surface area contributed by atoms with Crippen molar-refractivity contribution in [2.75, 3.05) is 27.2 Å². The lowest BCUT2D eigenvalue weighted by Gasteiger charge is -2.23. The predicted octanol–water partition coefficient (Wildman–Crippen LogP) is 2.68. The Labute approximate surface area is 164 Å². The average Bonchev–Trinajstić information content (AvgIpc) is 3.14. The molecule has 0 aliphatic carbocycles. The maximum atomic E-state index is 12.2. The first-order valence-corrected chi connectivity index (χ1v) is 9.76. The van der Waals surface area contributed by atoms with E-state index in [2.05, 4.69) is 21.6 Å². The van der Waals surface area contributed by atoms with Crippen molar-refractivity contribution in [2.24, 2.45) is 0 Å². The Bertz CT molecular complexity index is 727. The second kappa shape index (κ2) is 10.1. The molecule has 0 fully saturated rings. The van der Waals surface area contributed by atoms with Crippen LogP contribution in [0.3, 0.4) is 0 Å². The van der Waals surface area contributed by atoms with Gasteiger partial charge in [0.15, 0.2) is 0 Å². The molecule has 0 spiro atoms. The van der Waals surface area contributed by atoms with Crippen molar-refractivity contribution in [1.82, 2.24) is 15.5 Å². The van der Waals surface area contributed by atoms with Crippen LogP contribution in [-0.4, -0.2) is 50.0 Å². The molecular weight excluding hydrogens is 362 g/mol. The van der Waals surface area contributed by atoms with Crippen molar-refractivity contribution in [1.29, 1.82) is 0 Å². The van der Waals surface area contributed by atoms with Gasteiger partial charge in [0.2, 0.25) is 5.91 Å². The summed E-state index contributed by atoms with van der Waals surface area (Å²) in [5.74, 6) is 0.206. The summed E-state index contributed by atoms with van der Waals surface area (Å²) < 4.78 is 5.55. The van der Waals surface area contributed by atoms with Crippen LogP contribution in [0.2, 0.25) is 0 Å². The number of amides is 2. The molecule has 1 aromatic heterocycles. The highest BCUT2D eigenvalue weighted by atomic mass is 32.1. The Kier molecular flexibility index (Phi) is 7.82. The fourth-order valence-electron chi connectivity index (χ4n) is 2.51. The van der Waals surface area contributed by atoms with Gasteiger partial charge in [0.05, 0.1) is 18.7 Å². The summed E-state index contributed by atoms with van der Waals surface area (Å²) in [6.45, 7) is 4.31. The second-order valence-corrected chi connectivity index (χ2v) is 7.65. The van der Waals surface area contributed by atoms with Crippen LogP contribution in [0.25, 0.3) is 0 Å². The summed E-state index contributed by atoms with van der Waals surface area (Å²) in [7, 11) is 3.95. The molecular formula is C20H27N3O3S. The molecule has 2 amide bonds. The summed E-state index contributed by atoms with van der Waals surface area (Å²) >= 11 is 1.66. The molecule has 7 heteroatoms. The third-order valence-corrected chi connectivity index (χ3v) is 4.86. The molecule has 2 rings (SSSR count). The second-order valence-electron chi connectivity index (χ2n) is 6.67. The zero-order chi connectivity index (χ0) is 19.8. The van der Waals surface area contributed by atoms with Crippen LogP contribution in [0.4, 0.5) is 0 Å². The molecule has 0 aliphatic heterocycles. The van der Waals surface area contributed by atoms with Gasteiger partial charge >= 0.3 is 0 Å². The van der Waals surface area contributed by atoms with Gasteiger partial charge in [0.1, 0.15) is 5.75 Å². The summed E-state index contributed by atoms with van der Waals surface area (Å²) in [6, 6.07) is 11.0. The maximum absolute atomic E-state index is 12.2. The normalized spacial score (nSPS) is 12.1. The minimum Gasteiger partial charge on any atom is -0.491 e. The van der Waals surface area contributed by atoms with E-state index in [-0.39, 0.29) is 30.5 Å². The minimum absolute atomic E-state index is 0.0618. The van der Waals surface area contributed by atoms with E-state index in [4.69, 9.17) is 4.74 Å². The number of hydrogen-bond donors (Lipinski definition) is 2. The number of ether oxygens (including phenoxy) is 1. The number of hydrogen-bond acceptors (Lipinski definition) is 5. The largest absolute Gasteiger partial charge is 0.491 e. The van der Waals surface area contributed by atoms with Crippen molar-refractivity contribution in [3.63, 3.8) is 0 Å². The van der Waals surface area contributed by atoms with Crippen LogP contribution in [-0.2, 0) is 4.79 Å². The van der Waals surface area contributed by atoms with E-state index in [0.29, 0.717) is 17.9 Å². The van der Waals surface area contributed by atoms with Crippen LogP contribution < -0.4 is 15.4 Å². The third kappa shape index (κ3) is 6.69. The number of carbonyl (C=O) groups is 2. The van der Waals surface area contributed by atoms with Crippen LogP contribution in [0.1, 0.15) is 35.1 Å². The van der Waals surface area contributed by atoms with Gasteiger partial charge in [-0.2, -0.15) is 0 Å². The van der Waals surface area contributed by atoms with Crippen LogP contribution >= 0.6 is 11.3 Å². The highest BCUT2D eigenvalue weighted by Crippen LogP contribution is 2.22. The average molecular weight is 390 g/mol. The molecule has 6 nitrogen and oxygen atoms in total. The van der Waals surface area contributed by atoms with E-state index in [1.54, 1.807) is 35.6 Å². The minimum atomic E-state index is -0.288. The molecule has 0 bridgehead atoms. The summed E-state index contributed by atoms with van der Waals surface area (Å²) in [6.07, 6.45) is 0.0774. The summed E-state index contributed by atoms with van der Waals surface area (Å²) in [5.41, 5.74) is 0.489. The van der Waals surface area contributed by atoms with Crippen LogP contribution in [0.5, 0.6) is 5.75 Å². The van der Waals surface area contributed by atoms with E-state index >= 15 is 0 Å². The number of nitrogens with one attached hydrogen (secondary N) is 2. The van der Waals surface area contributed by atoms with E-state index < -0.39 is 0 Å². The van der Waals surface area contributed by atoms with Crippen molar-refractivity contribution >= 4 is 23.2 Å². The SMILES string of the molecule is CC(C)Oc1ccc(C(=O)NCC(=O)NCC(c2cccs2)N(C)C)cc1. The maximum Gasteiger partial charge on any atom is 0.251 e. The van der Waals surface area contributed by atoms with Crippen LogP contribution in [0, 0.1) is 0 Å². The first-order chi connectivity index (χ1) is 12.9. The van der Waals surface area contributed by atoms with Gasteiger partial charge in [-0.25, -0.2) is 0 Å². The molecule has 1 unspecified atom stereocenters. The van der Waals surface area contributed by atoms with Gasteiger partial charge in [0, 0.05) is 17.0 Å². The number of nitrogens with zero attached hydrogens (tertiary/aromatic N) is 1. The molecule has 0 aliphatic rings. The molecule has 27 heavy (non-hydrogen) atoms. The number of carbonyl (C=O) groups excluding carboxylic acids is 2.